The standard InChI is InChI=1S/C31H32O8.C16H28O4/c1-3-29(32)37-22-8-6-5-7-21-36-26-15-11-24(12-16-26)31(34)39-28-19-17-27(18-20-28)38-30(33)23-9-13-25(14-10-23)35-4-2;1-4-5-6-9-12-19-15(17)11-8-7-10-13-20-16(18)14(2)3/h3,9-20H,1,4-8,21-22H2,2H3;2,4-13H2,1,3H3. The summed E-state index contributed by atoms with van der Waals surface area (Å²) in [7, 11) is 0. The summed E-state index contributed by atoms with van der Waals surface area (Å²) in [4.78, 5) is 58.3. The number of hydrogen-bond donors (Lipinski definition) is 0. The highest BCUT2D eigenvalue weighted by atomic mass is 16.6. The highest BCUT2D eigenvalue weighted by Gasteiger charge is 2.12. The van der Waals surface area contributed by atoms with Gasteiger partial charge in [0.15, 0.2) is 0 Å². The molecule has 0 aliphatic rings. The van der Waals surface area contributed by atoms with Crippen LogP contribution < -0.4 is 18.9 Å². The number of ether oxygens (including phenoxy) is 7. The topological polar surface area (TPSA) is 150 Å². The molecule has 0 radical (unpaired) electrons. The van der Waals surface area contributed by atoms with E-state index in [-0.39, 0.29) is 11.9 Å². The number of rotatable bonds is 27. The minimum atomic E-state index is -0.516. The van der Waals surface area contributed by atoms with Crippen LogP contribution in [-0.2, 0) is 28.6 Å². The Labute approximate surface area is 348 Å². The zero-order valence-electron chi connectivity index (χ0n) is 34.8. The van der Waals surface area contributed by atoms with Crippen molar-refractivity contribution < 1.29 is 57.1 Å². The van der Waals surface area contributed by atoms with Gasteiger partial charge in [-0.2, -0.15) is 0 Å². The fraction of sp³-hybridized carbons (Fsp3) is 0.426. The molecule has 0 aromatic heterocycles. The Hall–Kier alpha value is -5.91. The number of hydrogen-bond acceptors (Lipinski definition) is 12. The van der Waals surface area contributed by atoms with E-state index in [1.54, 1.807) is 79.7 Å². The van der Waals surface area contributed by atoms with E-state index in [0.717, 1.165) is 63.9 Å². The van der Waals surface area contributed by atoms with Gasteiger partial charge in [0.2, 0.25) is 0 Å². The summed E-state index contributed by atoms with van der Waals surface area (Å²) < 4.78 is 36.9. The van der Waals surface area contributed by atoms with Crippen LogP contribution in [0.1, 0.15) is 119 Å². The van der Waals surface area contributed by atoms with Gasteiger partial charge in [-0.1, -0.05) is 39.3 Å². The van der Waals surface area contributed by atoms with Gasteiger partial charge in [0.05, 0.1) is 44.2 Å². The summed E-state index contributed by atoms with van der Waals surface area (Å²) in [6.45, 7) is 14.9. The molecule has 59 heavy (non-hydrogen) atoms. The fourth-order valence-electron chi connectivity index (χ4n) is 5.05. The predicted molar refractivity (Wildman–Crippen MR) is 225 cm³/mol. The molecule has 0 atom stereocenters. The third-order valence-corrected chi connectivity index (χ3v) is 8.32. The average molecular weight is 817 g/mol. The maximum absolute atomic E-state index is 12.5. The maximum atomic E-state index is 12.5. The first kappa shape index (κ1) is 49.2. The van der Waals surface area contributed by atoms with Crippen molar-refractivity contribution in [1.29, 1.82) is 0 Å². The molecule has 0 heterocycles. The van der Waals surface area contributed by atoms with Gasteiger partial charge in [-0.05, 0) is 138 Å². The van der Waals surface area contributed by atoms with Gasteiger partial charge < -0.3 is 33.2 Å². The van der Waals surface area contributed by atoms with E-state index in [9.17, 15) is 24.0 Å². The molecule has 0 saturated heterocycles. The van der Waals surface area contributed by atoms with Crippen molar-refractivity contribution in [3.8, 4) is 23.0 Å². The van der Waals surface area contributed by atoms with Crippen LogP contribution in [0.25, 0.3) is 0 Å². The molecular formula is C47H60O12. The molecule has 0 fully saturated rings. The third-order valence-electron chi connectivity index (χ3n) is 8.32. The van der Waals surface area contributed by atoms with Gasteiger partial charge >= 0.3 is 29.8 Å². The SMILES string of the molecule is C=C(C)C(=O)OCCCCCC(=O)OCCCCCC.C=CC(=O)OCCCCCCOc1ccc(C(=O)Oc2ccc(OC(=O)c3ccc(OCC)cc3)cc2)cc1. The molecule has 12 heteroatoms. The Bertz CT molecular complexity index is 1710. The zero-order valence-corrected chi connectivity index (χ0v) is 34.8. The largest absolute Gasteiger partial charge is 0.494 e. The van der Waals surface area contributed by atoms with Crippen molar-refractivity contribution in [3.63, 3.8) is 0 Å². The smallest absolute Gasteiger partial charge is 0.343 e. The van der Waals surface area contributed by atoms with Crippen molar-refractivity contribution >= 4 is 29.8 Å². The van der Waals surface area contributed by atoms with Gasteiger partial charge in [0, 0.05) is 18.1 Å². The number of benzene rings is 3. The Morgan fingerprint density at radius 1 is 0.525 bits per heavy atom. The second-order valence-corrected chi connectivity index (χ2v) is 13.4. The van der Waals surface area contributed by atoms with Crippen LogP contribution in [0.4, 0.5) is 0 Å². The lowest BCUT2D eigenvalue weighted by atomic mass is 10.2. The first-order valence-electron chi connectivity index (χ1n) is 20.3. The molecule has 0 aliphatic heterocycles. The average Bonchev–Trinajstić information content (AvgIpc) is 3.24. The van der Waals surface area contributed by atoms with E-state index in [2.05, 4.69) is 20.1 Å². The predicted octanol–water partition coefficient (Wildman–Crippen LogP) is 9.98. The molecule has 3 aromatic rings. The Morgan fingerprint density at radius 3 is 1.46 bits per heavy atom. The monoisotopic (exact) mass is 816 g/mol. The van der Waals surface area contributed by atoms with Crippen LogP contribution in [0, 0.1) is 0 Å². The molecule has 320 valence electrons. The summed E-state index contributed by atoms with van der Waals surface area (Å²) in [5.74, 6) is 0.0856. The van der Waals surface area contributed by atoms with E-state index < -0.39 is 17.9 Å². The van der Waals surface area contributed by atoms with Crippen molar-refractivity contribution in [1.82, 2.24) is 0 Å². The number of carbonyl (C=O) groups excluding carboxylic acids is 5. The Balaban J connectivity index is 0.000000507. The lowest BCUT2D eigenvalue weighted by Gasteiger charge is -2.09. The van der Waals surface area contributed by atoms with Gasteiger partial charge in [-0.25, -0.2) is 19.2 Å². The second kappa shape index (κ2) is 30.2. The summed E-state index contributed by atoms with van der Waals surface area (Å²) in [6, 6.07) is 19.6. The highest BCUT2D eigenvalue weighted by molar-refractivity contribution is 5.92. The minimum Gasteiger partial charge on any atom is -0.494 e. The molecule has 12 nitrogen and oxygen atoms in total. The van der Waals surface area contributed by atoms with Crippen LogP contribution in [0.5, 0.6) is 23.0 Å². The fourth-order valence-corrected chi connectivity index (χ4v) is 5.05. The maximum Gasteiger partial charge on any atom is 0.343 e. The molecule has 0 spiro atoms. The van der Waals surface area contributed by atoms with Gasteiger partial charge in [-0.15, -0.1) is 0 Å². The van der Waals surface area contributed by atoms with Gasteiger partial charge in [-0.3, -0.25) is 4.79 Å². The van der Waals surface area contributed by atoms with Gasteiger partial charge in [0.25, 0.3) is 0 Å². The molecule has 0 aliphatic carbocycles. The Morgan fingerprint density at radius 2 is 0.966 bits per heavy atom. The number of unbranched alkanes of at least 4 members (excludes halogenated alkanes) is 8. The summed E-state index contributed by atoms with van der Waals surface area (Å²) in [6.07, 6.45) is 12.0. The lowest BCUT2D eigenvalue weighted by molar-refractivity contribution is -0.144. The van der Waals surface area contributed by atoms with Crippen LogP contribution >= 0.6 is 0 Å². The number of carbonyl (C=O) groups is 5. The van der Waals surface area contributed by atoms with Crippen LogP contribution in [-0.4, -0.2) is 62.9 Å². The summed E-state index contributed by atoms with van der Waals surface area (Å²) >= 11 is 0. The normalized spacial score (nSPS) is 10.2. The summed E-state index contributed by atoms with van der Waals surface area (Å²) in [5.41, 5.74) is 1.18. The molecule has 0 unspecified atom stereocenters. The molecule has 0 bridgehead atoms. The quantitative estimate of drug-likeness (QED) is 0.0237. The highest BCUT2D eigenvalue weighted by Crippen LogP contribution is 2.22. The Kier molecular flexibility index (Phi) is 25.2. The molecule has 0 saturated carbocycles. The molecule has 0 N–H and O–H groups in total. The van der Waals surface area contributed by atoms with Crippen molar-refractivity contribution in [2.75, 3.05) is 33.0 Å². The zero-order chi connectivity index (χ0) is 43.1. The van der Waals surface area contributed by atoms with E-state index >= 15 is 0 Å². The first-order chi connectivity index (χ1) is 28.6. The van der Waals surface area contributed by atoms with Crippen molar-refractivity contribution in [2.24, 2.45) is 0 Å². The summed E-state index contributed by atoms with van der Waals surface area (Å²) in [5, 5.41) is 0. The van der Waals surface area contributed by atoms with E-state index in [0.29, 0.717) is 79.2 Å². The number of esters is 5. The van der Waals surface area contributed by atoms with Crippen LogP contribution in [0.2, 0.25) is 0 Å². The van der Waals surface area contributed by atoms with Crippen LogP contribution in [0.15, 0.2) is 97.6 Å². The van der Waals surface area contributed by atoms with E-state index in [1.807, 2.05) is 6.92 Å². The second-order valence-electron chi connectivity index (χ2n) is 13.4. The molecule has 0 amide bonds. The van der Waals surface area contributed by atoms with Crippen molar-refractivity contribution in [2.45, 2.75) is 97.8 Å². The van der Waals surface area contributed by atoms with Crippen LogP contribution in [0.3, 0.4) is 0 Å². The molecule has 3 aromatic carbocycles. The third kappa shape index (κ3) is 22.6. The first-order valence-corrected chi connectivity index (χ1v) is 20.3. The van der Waals surface area contributed by atoms with E-state index in [4.69, 9.17) is 33.2 Å². The van der Waals surface area contributed by atoms with Gasteiger partial charge in [0.1, 0.15) is 23.0 Å². The molecule has 3 rings (SSSR count). The minimum absolute atomic E-state index is 0.125. The van der Waals surface area contributed by atoms with Crippen molar-refractivity contribution in [3.05, 3.63) is 109 Å². The lowest BCUT2D eigenvalue weighted by Crippen LogP contribution is -2.09. The van der Waals surface area contributed by atoms with E-state index in [1.165, 1.54) is 12.8 Å². The molecular weight excluding hydrogens is 757 g/mol.